The highest BCUT2D eigenvalue weighted by Crippen LogP contribution is 2.47. The zero-order chi connectivity index (χ0) is 23.0. The Morgan fingerprint density at radius 2 is 1.76 bits per heavy atom. The van der Waals surface area contributed by atoms with Crippen LogP contribution in [0.25, 0.3) is 0 Å². The first-order valence-corrected chi connectivity index (χ1v) is 13.6. The Labute approximate surface area is 196 Å². The predicted octanol–water partition coefficient (Wildman–Crippen LogP) is 3.04. The molecule has 3 fully saturated rings. The molecule has 0 unspecified atom stereocenters. The molecular formula is C25H33N3O4S. The summed E-state index contributed by atoms with van der Waals surface area (Å²) >= 11 is 0. The molecule has 1 aromatic carbocycles. The third-order valence-electron chi connectivity index (χ3n) is 7.09. The molecule has 8 heteroatoms. The number of carbonyl (C=O) groups excluding carboxylic acids is 1. The highest BCUT2D eigenvalue weighted by Gasteiger charge is 2.37. The zero-order valence-corrected chi connectivity index (χ0v) is 20.0. The molecule has 5 rings (SSSR count). The van der Waals surface area contributed by atoms with Crippen LogP contribution in [0.5, 0.6) is 0 Å². The number of piperazine rings is 1. The van der Waals surface area contributed by atoms with Crippen molar-refractivity contribution in [2.24, 2.45) is 5.92 Å². The lowest BCUT2D eigenvalue weighted by Gasteiger charge is -2.35. The second-order valence-electron chi connectivity index (χ2n) is 9.78. The summed E-state index contributed by atoms with van der Waals surface area (Å²) in [5.41, 5.74) is 0.785. The van der Waals surface area contributed by atoms with Gasteiger partial charge in [0.2, 0.25) is 15.9 Å². The number of nitrogens with zero attached hydrogens (tertiary/aromatic N) is 3. The molecule has 1 amide bonds. The molecule has 0 radical (unpaired) electrons. The number of hydrogen-bond acceptors (Lipinski definition) is 5. The Bertz CT molecular complexity index is 1070. The molecule has 0 spiro atoms. The van der Waals surface area contributed by atoms with Crippen LogP contribution < -0.4 is 0 Å². The van der Waals surface area contributed by atoms with Gasteiger partial charge in [-0.05, 0) is 42.9 Å². The summed E-state index contributed by atoms with van der Waals surface area (Å²) in [6.45, 7) is 4.84. The van der Waals surface area contributed by atoms with E-state index < -0.39 is 10.0 Å². The van der Waals surface area contributed by atoms with Crippen molar-refractivity contribution in [1.82, 2.24) is 14.1 Å². The van der Waals surface area contributed by atoms with Crippen LogP contribution in [0.1, 0.15) is 49.2 Å². The fraction of sp³-hybridized carbons (Fsp3) is 0.560. The van der Waals surface area contributed by atoms with E-state index in [-0.39, 0.29) is 11.7 Å². The van der Waals surface area contributed by atoms with E-state index in [1.807, 2.05) is 35.2 Å². The maximum absolute atomic E-state index is 13.0. The minimum absolute atomic E-state index is 0.00200. The number of rotatable bonds is 9. The Kier molecular flexibility index (Phi) is 6.33. The molecule has 7 nitrogen and oxygen atoms in total. The summed E-state index contributed by atoms with van der Waals surface area (Å²) in [5, 5.41) is 0. The van der Waals surface area contributed by atoms with E-state index in [0.717, 1.165) is 29.9 Å². The van der Waals surface area contributed by atoms with Crippen molar-refractivity contribution < 1.29 is 17.6 Å². The topological polar surface area (TPSA) is 74.1 Å². The van der Waals surface area contributed by atoms with Gasteiger partial charge in [-0.3, -0.25) is 9.69 Å². The summed E-state index contributed by atoms with van der Waals surface area (Å²) < 4.78 is 33.2. The fourth-order valence-corrected chi connectivity index (χ4v) is 6.23. The number of sulfonamides is 1. The molecule has 1 saturated heterocycles. The summed E-state index contributed by atoms with van der Waals surface area (Å²) in [7, 11) is -3.38. The van der Waals surface area contributed by atoms with E-state index in [9.17, 15) is 13.2 Å². The number of amides is 1. The molecule has 2 aromatic rings. The standard InChI is InChI=1S/C25H33N3O4S/c1-19-15-23(19)24-10-9-22(32-24)16-27(21-7-8-21)17-25(29)26-11-13-28(14-12-26)33(30,31)18-20-5-3-2-4-6-20/h2-6,9-10,19,21,23H,7-8,11-18H2,1H3/t19-,23+/m0/s1. The SMILES string of the molecule is C[C@H]1C[C@H]1c1ccc(CN(CC(=O)N2CCN(S(=O)(=O)Cc3ccccc3)CC2)C2CC2)o1. The molecule has 0 N–H and O–H groups in total. The third kappa shape index (κ3) is 5.50. The van der Waals surface area contributed by atoms with E-state index in [2.05, 4.69) is 24.0 Å². The van der Waals surface area contributed by atoms with Crippen molar-refractivity contribution in [3.8, 4) is 0 Å². The van der Waals surface area contributed by atoms with Crippen LogP contribution in [0.2, 0.25) is 0 Å². The average Bonchev–Trinajstić information content (AvgIpc) is 3.73. The lowest BCUT2D eigenvalue weighted by molar-refractivity contribution is -0.134. The molecule has 3 aliphatic rings. The van der Waals surface area contributed by atoms with Gasteiger partial charge in [-0.2, -0.15) is 4.31 Å². The molecule has 0 bridgehead atoms. The molecule has 2 aliphatic carbocycles. The fourth-order valence-electron chi connectivity index (χ4n) is 4.72. The summed E-state index contributed by atoms with van der Waals surface area (Å²) in [6, 6.07) is 13.8. The molecule has 178 valence electrons. The van der Waals surface area contributed by atoms with Crippen LogP contribution >= 0.6 is 0 Å². The van der Waals surface area contributed by atoms with Crippen molar-refractivity contribution in [3.63, 3.8) is 0 Å². The quantitative estimate of drug-likeness (QED) is 0.562. The van der Waals surface area contributed by atoms with E-state index in [0.29, 0.717) is 57.1 Å². The van der Waals surface area contributed by atoms with Gasteiger partial charge in [-0.15, -0.1) is 0 Å². The highest BCUT2D eigenvalue weighted by molar-refractivity contribution is 7.88. The van der Waals surface area contributed by atoms with E-state index in [4.69, 9.17) is 4.42 Å². The van der Waals surface area contributed by atoms with Crippen molar-refractivity contribution in [3.05, 3.63) is 59.5 Å². The average molecular weight is 472 g/mol. The van der Waals surface area contributed by atoms with Crippen LogP contribution in [-0.4, -0.2) is 67.2 Å². The first kappa shape index (κ1) is 22.6. The van der Waals surface area contributed by atoms with Crippen LogP contribution in [0.4, 0.5) is 0 Å². The van der Waals surface area contributed by atoms with Crippen LogP contribution in [-0.2, 0) is 27.1 Å². The van der Waals surface area contributed by atoms with Crippen molar-refractivity contribution >= 4 is 15.9 Å². The van der Waals surface area contributed by atoms with E-state index in [1.165, 1.54) is 10.7 Å². The van der Waals surface area contributed by atoms with Crippen molar-refractivity contribution in [2.75, 3.05) is 32.7 Å². The monoisotopic (exact) mass is 471 g/mol. The number of hydrogen-bond donors (Lipinski definition) is 0. The second kappa shape index (κ2) is 9.24. The molecule has 2 saturated carbocycles. The van der Waals surface area contributed by atoms with E-state index in [1.54, 1.807) is 0 Å². The van der Waals surface area contributed by atoms with Crippen LogP contribution in [0.3, 0.4) is 0 Å². The zero-order valence-electron chi connectivity index (χ0n) is 19.2. The number of carbonyl (C=O) groups is 1. The lowest BCUT2D eigenvalue weighted by atomic mass is 10.2. The lowest BCUT2D eigenvalue weighted by Crippen LogP contribution is -2.52. The molecule has 2 heterocycles. The highest BCUT2D eigenvalue weighted by atomic mass is 32.2. The van der Waals surface area contributed by atoms with Crippen LogP contribution in [0, 0.1) is 5.92 Å². The first-order chi connectivity index (χ1) is 15.9. The van der Waals surface area contributed by atoms with Gasteiger partial charge in [0.25, 0.3) is 0 Å². The molecule has 2 atom stereocenters. The summed E-state index contributed by atoms with van der Waals surface area (Å²) in [6.07, 6.45) is 3.43. The maximum Gasteiger partial charge on any atom is 0.236 e. The second-order valence-corrected chi connectivity index (χ2v) is 11.8. The number of benzene rings is 1. The predicted molar refractivity (Wildman–Crippen MR) is 126 cm³/mol. The molecule has 33 heavy (non-hydrogen) atoms. The van der Waals surface area contributed by atoms with Gasteiger partial charge in [0.15, 0.2) is 0 Å². The summed E-state index contributed by atoms with van der Waals surface area (Å²) in [4.78, 5) is 17.1. The largest absolute Gasteiger partial charge is 0.464 e. The smallest absolute Gasteiger partial charge is 0.236 e. The third-order valence-corrected chi connectivity index (χ3v) is 8.94. The maximum atomic E-state index is 13.0. The molecule has 1 aromatic heterocycles. The van der Waals surface area contributed by atoms with Gasteiger partial charge in [0, 0.05) is 38.1 Å². The molecular weight excluding hydrogens is 438 g/mol. The Balaban J connectivity index is 1.13. The van der Waals surface area contributed by atoms with Gasteiger partial charge in [-0.1, -0.05) is 37.3 Å². The Morgan fingerprint density at radius 1 is 1.06 bits per heavy atom. The van der Waals surface area contributed by atoms with Gasteiger partial charge in [0.1, 0.15) is 11.5 Å². The minimum atomic E-state index is -3.38. The van der Waals surface area contributed by atoms with Crippen molar-refractivity contribution in [2.45, 2.75) is 50.4 Å². The first-order valence-electron chi connectivity index (χ1n) is 12.0. The molecule has 1 aliphatic heterocycles. The minimum Gasteiger partial charge on any atom is -0.464 e. The van der Waals surface area contributed by atoms with Gasteiger partial charge in [-0.25, -0.2) is 8.42 Å². The summed E-state index contributed by atoms with van der Waals surface area (Å²) in [5.74, 6) is 3.35. The van der Waals surface area contributed by atoms with E-state index >= 15 is 0 Å². The Hall–Kier alpha value is -2.16. The van der Waals surface area contributed by atoms with Crippen molar-refractivity contribution in [1.29, 1.82) is 0 Å². The number of furan rings is 1. The van der Waals surface area contributed by atoms with Gasteiger partial charge >= 0.3 is 0 Å². The van der Waals surface area contributed by atoms with Gasteiger partial charge < -0.3 is 9.32 Å². The normalized spacial score (nSPS) is 23.8. The van der Waals surface area contributed by atoms with Gasteiger partial charge in [0.05, 0.1) is 18.8 Å². The van der Waals surface area contributed by atoms with Crippen LogP contribution in [0.15, 0.2) is 46.9 Å². The Morgan fingerprint density at radius 3 is 2.39 bits per heavy atom.